The predicted octanol–water partition coefficient (Wildman–Crippen LogP) is 4.43. The number of aromatic amines is 1. The molecule has 1 aromatic carbocycles. The summed E-state index contributed by atoms with van der Waals surface area (Å²) in [5.41, 5.74) is 4.22. The van der Waals surface area contributed by atoms with Crippen LogP contribution in [0.25, 0.3) is 10.9 Å². The number of hydrogen-bond acceptors (Lipinski definition) is 3. The van der Waals surface area contributed by atoms with E-state index in [1.54, 1.807) is 12.3 Å². The van der Waals surface area contributed by atoms with Gasteiger partial charge < -0.3 is 4.98 Å². The average molecular weight is 328 g/mol. The maximum absolute atomic E-state index is 13.7. The number of Topliss-reactive ketones (excluding diaryl/α,β-unsaturated/α-hetero) is 1. The van der Waals surface area contributed by atoms with Crippen LogP contribution in [0.5, 0.6) is 0 Å². The van der Waals surface area contributed by atoms with Crippen molar-refractivity contribution in [3.8, 4) is 0 Å². The highest BCUT2D eigenvalue weighted by molar-refractivity contribution is 7.99. The first-order valence-corrected chi connectivity index (χ1v) is 8.50. The number of carbonyl (C=O) groups is 1. The van der Waals surface area contributed by atoms with E-state index in [1.165, 1.54) is 23.9 Å². The average Bonchev–Trinajstić information content (AvgIpc) is 2.85. The molecule has 0 saturated carbocycles. The number of thioether (sulfide) groups is 1. The third-order valence-corrected chi connectivity index (χ3v) is 4.67. The number of hydrogen-bond donors (Lipinski definition) is 1. The van der Waals surface area contributed by atoms with Gasteiger partial charge in [-0.2, -0.15) is 0 Å². The molecule has 0 aliphatic rings. The Kier molecular flexibility index (Phi) is 4.48. The molecule has 2 aromatic heterocycles. The second-order valence-corrected chi connectivity index (χ2v) is 6.53. The molecule has 0 aliphatic carbocycles. The van der Waals surface area contributed by atoms with Gasteiger partial charge in [0.05, 0.1) is 11.3 Å². The number of aryl methyl sites for hydroxylation is 2. The van der Waals surface area contributed by atoms with E-state index in [0.29, 0.717) is 11.5 Å². The van der Waals surface area contributed by atoms with E-state index in [-0.39, 0.29) is 11.6 Å². The van der Waals surface area contributed by atoms with E-state index in [9.17, 15) is 9.18 Å². The quantitative estimate of drug-likeness (QED) is 0.705. The Hall–Kier alpha value is -2.14. The largest absolute Gasteiger partial charge is 0.362 e. The Morgan fingerprint density at radius 2 is 2.13 bits per heavy atom. The molecule has 3 nitrogen and oxygen atoms in total. The highest BCUT2D eigenvalue weighted by Crippen LogP contribution is 2.23. The lowest BCUT2D eigenvalue weighted by atomic mass is 10.1. The molecule has 0 radical (unpaired) electrons. The fourth-order valence-corrected chi connectivity index (χ4v) is 3.57. The van der Waals surface area contributed by atoms with Crippen LogP contribution < -0.4 is 0 Å². The van der Waals surface area contributed by atoms with Gasteiger partial charge in [-0.3, -0.25) is 9.78 Å². The van der Waals surface area contributed by atoms with Gasteiger partial charge in [-0.05, 0) is 43.7 Å². The van der Waals surface area contributed by atoms with Crippen LogP contribution in [-0.4, -0.2) is 21.5 Å². The van der Waals surface area contributed by atoms with Crippen molar-refractivity contribution in [2.75, 3.05) is 5.75 Å². The summed E-state index contributed by atoms with van der Waals surface area (Å²) in [6.07, 6.45) is 1.70. The summed E-state index contributed by atoms with van der Waals surface area (Å²) >= 11 is 1.48. The molecule has 0 amide bonds. The van der Waals surface area contributed by atoms with Gasteiger partial charge >= 0.3 is 0 Å². The maximum atomic E-state index is 13.7. The molecule has 0 unspecified atom stereocenters. The first-order chi connectivity index (χ1) is 11.0. The lowest BCUT2D eigenvalue weighted by molar-refractivity contribution is 0.102. The minimum atomic E-state index is -0.274. The molecule has 2 heterocycles. The highest BCUT2D eigenvalue weighted by Gasteiger charge is 2.12. The van der Waals surface area contributed by atoms with Crippen molar-refractivity contribution in [3.63, 3.8) is 0 Å². The van der Waals surface area contributed by atoms with Crippen LogP contribution in [0.15, 0.2) is 36.5 Å². The molecule has 0 fully saturated rings. The molecule has 0 bridgehead atoms. The van der Waals surface area contributed by atoms with E-state index in [0.717, 1.165) is 33.4 Å². The Morgan fingerprint density at radius 3 is 2.87 bits per heavy atom. The Balaban J connectivity index is 1.72. The van der Waals surface area contributed by atoms with E-state index in [2.05, 4.69) is 9.97 Å². The fraction of sp³-hybridized carbons (Fsp3) is 0.222. The number of fused-ring (bicyclic) bond motifs is 1. The molecule has 23 heavy (non-hydrogen) atoms. The topological polar surface area (TPSA) is 45.8 Å². The number of benzene rings is 1. The van der Waals surface area contributed by atoms with Gasteiger partial charge in [-0.1, -0.05) is 6.07 Å². The molecule has 1 N–H and O–H groups in total. The van der Waals surface area contributed by atoms with Crippen molar-refractivity contribution in [2.45, 2.75) is 19.6 Å². The Labute approximate surface area is 138 Å². The number of carbonyl (C=O) groups excluding carboxylic acids is 1. The van der Waals surface area contributed by atoms with Gasteiger partial charge in [0, 0.05) is 34.3 Å². The van der Waals surface area contributed by atoms with Crippen LogP contribution in [0.4, 0.5) is 4.39 Å². The van der Waals surface area contributed by atoms with E-state index < -0.39 is 0 Å². The minimum Gasteiger partial charge on any atom is -0.362 e. The van der Waals surface area contributed by atoms with E-state index >= 15 is 0 Å². The van der Waals surface area contributed by atoms with E-state index in [1.807, 2.05) is 26.0 Å². The van der Waals surface area contributed by atoms with Gasteiger partial charge in [-0.15, -0.1) is 11.8 Å². The van der Waals surface area contributed by atoms with Crippen LogP contribution in [-0.2, 0) is 5.75 Å². The summed E-state index contributed by atoms with van der Waals surface area (Å²) < 4.78 is 13.7. The van der Waals surface area contributed by atoms with Gasteiger partial charge in [0.1, 0.15) is 5.82 Å². The van der Waals surface area contributed by atoms with Crippen molar-refractivity contribution in [1.29, 1.82) is 0 Å². The lowest BCUT2D eigenvalue weighted by Crippen LogP contribution is -2.03. The Morgan fingerprint density at radius 1 is 1.30 bits per heavy atom. The molecule has 3 aromatic rings. The van der Waals surface area contributed by atoms with Crippen molar-refractivity contribution in [2.24, 2.45) is 0 Å². The first kappa shape index (κ1) is 15.7. The van der Waals surface area contributed by atoms with Gasteiger partial charge in [-0.25, -0.2) is 4.39 Å². The first-order valence-electron chi connectivity index (χ1n) is 7.35. The summed E-state index contributed by atoms with van der Waals surface area (Å²) in [5.74, 6) is 0.734. The van der Waals surface area contributed by atoms with E-state index in [4.69, 9.17) is 0 Å². The second-order valence-electron chi connectivity index (χ2n) is 5.55. The molecule has 3 rings (SSSR count). The monoisotopic (exact) mass is 328 g/mol. The second kappa shape index (κ2) is 6.54. The zero-order valence-electron chi connectivity index (χ0n) is 13.0. The van der Waals surface area contributed by atoms with Gasteiger partial charge in [0.25, 0.3) is 0 Å². The zero-order valence-corrected chi connectivity index (χ0v) is 13.8. The summed E-state index contributed by atoms with van der Waals surface area (Å²) in [5, 5.41) is 0.784. The molecule has 0 atom stereocenters. The molecule has 5 heteroatoms. The number of H-pyrrole nitrogens is 1. The van der Waals surface area contributed by atoms with Crippen LogP contribution in [0, 0.1) is 19.7 Å². The van der Waals surface area contributed by atoms with Crippen molar-refractivity contribution >= 4 is 28.4 Å². The minimum absolute atomic E-state index is 0.0884. The predicted molar refractivity (Wildman–Crippen MR) is 92.5 cm³/mol. The fourth-order valence-electron chi connectivity index (χ4n) is 2.68. The SMILES string of the molecule is Cc1cc(C(=O)CSCc2cc(F)cc3cccnc23)c(C)[nH]1. The van der Waals surface area contributed by atoms with Crippen LogP contribution in [0.3, 0.4) is 0 Å². The number of nitrogens with zero attached hydrogens (tertiary/aromatic N) is 1. The standard InChI is InChI=1S/C18H17FN2OS/c1-11-6-16(12(2)21-11)17(22)10-23-9-14-8-15(19)7-13-4-3-5-20-18(13)14/h3-8,21H,9-10H2,1-2H3. The van der Waals surface area contributed by atoms with Crippen molar-refractivity contribution in [3.05, 3.63) is 64.9 Å². The number of aromatic nitrogens is 2. The Bertz CT molecular complexity index is 873. The molecular weight excluding hydrogens is 311 g/mol. The summed E-state index contributed by atoms with van der Waals surface area (Å²) in [7, 11) is 0. The summed E-state index contributed by atoms with van der Waals surface area (Å²) in [4.78, 5) is 19.7. The third kappa shape index (κ3) is 3.45. The normalized spacial score (nSPS) is 11.1. The maximum Gasteiger partial charge on any atom is 0.174 e. The molecule has 118 valence electrons. The number of ketones is 1. The summed E-state index contributed by atoms with van der Waals surface area (Å²) in [6, 6.07) is 8.49. The zero-order chi connectivity index (χ0) is 16.4. The molecule has 0 aliphatic heterocycles. The summed E-state index contributed by atoms with van der Waals surface area (Å²) in [6.45, 7) is 3.83. The number of rotatable bonds is 5. The molecule has 0 spiro atoms. The van der Waals surface area contributed by atoms with Crippen LogP contribution >= 0.6 is 11.8 Å². The number of halogens is 1. The molecular formula is C18H17FN2OS. The van der Waals surface area contributed by atoms with Gasteiger partial charge in [0.2, 0.25) is 0 Å². The third-order valence-electron chi connectivity index (χ3n) is 3.69. The van der Waals surface area contributed by atoms with Crippen molar-refractivity contribution in [1.82, 2.24) is 9.97 Å². The van der Waals surface area contributed by atoms with Crippen LogP contribution in [0.1, 0.15) is 27.3 Å². The smallest absolute Gasteiger partial charge is 0.174 e. The number of pyridine rings is 1. The lowest BCUT2D eigenvalue weighted by Gasteiger charge is -2.06. The molecule has 0 saturated heterocycles. The highest BCUT2D eigenvalue weighted by atomic mass is 32.2. The van der Waals surface area contributed by atoms with Crippen LogP contribution in [0.2, 0.25) is 0 Å². The van der Waals surface area contributed by atoms with Crippen molar-refractivity contribution < 1.29 is 9.18 Å². The number of nitrogens with one attached hydrogen (secondary N) is 1. The van der Waals surface area contributed by atoms with Gasteiger partial charge in [0.15, 0.2) is 5.78 Å².